The van der Waals surface area contributed by atoms with Crippen LogP contribution in [-0.4, -0.2) is 53.3 Å². The third-order valence-electron chi connectivity index (χ3n) is 3.78. The molecule has 1 aromatic heterocycles. The van der Waals surface area contributed by atoms with Gasteiger partial charge in [0.2, 0.25) is 0 Å². The van der Waals surface area contributed by atoms with E-state index < -0.39 is 51.0 Å². The van der Waals surface area contributed by atoms with Gasteiger partial charge in [-0.25, -0.2) is 13.2 Å². The summed E-state index contributed by atoms with van der Waals surface area (Å²) in [6.07, 6.45) is -5.57. The van der Waals surface area contributed by atoms with Crippen LogP contribution in [0.2, 0.25) is 0 Å². The normalized spacial score (nSPS) is 23.4. The van der Waals surface area contributed by atoms with Crippen LogP contribution in [0.4, 0.5) is 13.2 Å². The minimum atomic E-state index is -4.88. The molecule has 0 amide bonds. The first-order chi connectivity index (χ1) is 10.9. The van der Waals surface area contributed by atoms with Gasteiger partial charge in [0.25, 0.3) is 15.6 Å². The third-order valence-corrected chi connectivity index (χ3v) is 5.65. The van der Waals surface area contributed by atoms with Gasteiger partial charge in [-0.1, -0.05) is 0 Å². The largest absolute Gasteiger partial charge is 0.407 e. The highest BCUT2D eigenvalue weighted by molar-refractivity contribution is 7.89. The smallest absolute Gasteiger partial charge is 0.375 e. The van der Waals surface area contributed by atoms with E-state index in [1.54, 1.807) is 0 Å². The van der Waals surface area contributed by atoms with E-state index in [9.17, 15) is 31.2 Å². The summed E-state index contributed by atoms with van der Waals surface area (Å²) in [4.78, 5) is 22.8. The van der Waals surface area contributed by atoms with Crippen molar-refractivity contribution in [2.24, 2.45) is 14.1 Å². The molecule has 2 rings (SSSR count). The first-order valence-corrected chi connectivity index (χ1v) is 8.30. The molecule has 12 heteroatoms. The van der Waals surface area contributed by atoms with Gasteiger partial charge in [-0.05, 0) is 6.92 Å². The van der Waals surface area contributed by atoms with Crippen LogP contribution in [-0.2, 0) is 28.9 Å². The van der Waals surface area contributed by atoms with E-state index in [0.717, 1.165) is 24.7 Å². The van der Waals surface area contributed by atoms with Gasteiger partial charge in [0.1, 0.15) is 6.04 Å². The van der Waals surface area contributed by atoms with Gasteiger partial charge in [0.15, 0.2) is 4.90 Å². The first-order valence-electron chi connectivity index (χ1n) is 6.86. The zero-order valence-corrected chi connectivity index (χ0v) is 13.9. The molecule has 0 spiro atoms. The van der Waals surface area contributed by atoms with Crippen LogP contribution in [0, 0.1) is 0 Å². The van der Waals surface area contributed by atoms with E-state index in [-0.39, 0.29) is 10.9 Å². The van der Waals surface area contributed by atoms with Crippen molar-refractivity contribution in [2.75, 3.05) is 13.2 Å². The maximum atomic E-state index is 13.3. The van der Waals surface area contributed by atoms with E-state index in [1.807, 2.05) is 0 Å². The maximum absolute atomic E-state index is 13.3. The van der Waals surface area contributed by atoms with Crippen LogP contribution in [0.1, 0.15) is 6.92 Å². The summed E-state index contributed by atoms with van der Waals surface area (Å²) < 4.78 is 71.7. The number of rotatable bonds is 2. The Labute approximate surface area is 135 Å². The van der Waals surface area contributed by atoms with Crippen molar-refractivity contribution in [1.29, 1.82) is 0 Å². The maximum Gasteiger partial charge on any atom is 0.407 e. The summed E-state index contributed by atoms with van der Waals surface area (Å²) in [5.74, 6) is 0. The van der Waals surface area contributed by atoms with Crippen molar-refractivity contribution < 1.29 is 26.3 Å². The van der Waals surface area contributed by atoms with Crippen LogP contribution < -0.4 is 11.2 Å². The Kier molecular flexibility index (Phi) is 4.67. The molecule has 1 saturated heterocycles. The second-order valence-corrected chi connectivity index (χ2v) is 7.29. The standard InChI is InChI=1S/C12H16F3N3O5S/c1-7-9(12(13,14)15)18(4-5-23-7)24(21,22)8-6-16(2)11(20)17(3)10(8)19/h6-7,9H,4-5H2,1-3H3/t7-,9-/m0/s1. The van der Waals surface area contributed by atoms with Gasteiger partial charge in [-0.15, -0.1) is 0 Å². The number of morpholine rings is 1. The first kappa shape index (κ1) is 18.7. The van der Waals surface area contributed by atoms with Crippen molar-refractivity contribution >= 4 is 10.0 Å². The molecule has 0 radical (unpaired) electrons. The Morgan fingerprint density at radius 1 is 1.25 bits per heavy atom. The van der Waals surface area contributed by atoms with Gasteiger partial charge in [0.05, 0.1) is 12.7 Å². The Hall–Kier alpha value is -1.66. The van der Waals surface area contributed by atoms with E-state index in [0.29, 0.717) is 4.57 Å². The monoisotopic (exact) mass is 371 g/mol. The quantitative estimate of drug-likeness (QED) is 0.694. The van der Waals surface area contributed by atoms with Gasteiger partial charge in [-0.3, -0.25) is 9.36 Å². The Morgan fingerprint density at radius 3 is 2.38 bits per heavy atom. The van der Waals surface area contributed by atoms with Crippen LogP contribution in [0.25, 0.3) is 0 Å². The predicted molar refractivity (Wildman–Crippen MR) is 76.1 cm³/mol. The highest BCUT2D eigenvalue weighted by Gasteiger charge is 2.53. The molecule has 0 aromatic carbocycles. The van der Waals surface area contributed by atoms with Gasteiger partial charge < -0.3 is 9.30 Å². The summed E-state index contributed by atoms with van der Waals surface area (Å²) in [7, 11) is -2.53. The molecule has 8 nitrogen and oxygen atoms in total. The number of nitrogens with zero attached hydrogens (tertiary/aromatic N) is 3. The highest BCUT2D eigenvalue weighted by atomic mass is 32.2. The van der Waals surface area contributed by atoms with Crippen molar-refractivity contribution in [3.8, 4) is 0 Å². The zero-order valence-electron chi connectivity index (χ0n) is 13.1. The molecule has 1 fully saturated rings. The molecule has 0 unspecified atom stereocenters. The molecule has 24 heavy (non-hydrogen) atoms. The molecule has 0 aliphatic carbocycles. The van der Waals surface area contributed by atoms with Gasteiger partial charge in [-0.2, -0.15) is 17.5 Å². The molecule has 0 saturated carbocycles. The van der Waals surface area contributed by atoms with Crippen molar-refractivity contribution in [3.63, 3.8) is 0 Å². The van der Waals surface area contributed by atoms with Crippen molar-refractivity contribution in [2.45, 2.75) is 30.1 Å². The molecule has 1 aliphatic rings. The molecule has 136 valence electrons. The fourth-order valence-corrected chi connectivity index (χ4v) is 4.38. The van der Waals surface area contributed by atoms with Gasteiger partial charge >= 0.3 is 11.9 Å². The number of hydrogen-bond donors (Lipinski definition) is 0. The summed E-state index contributed by atoms with van der Waals surface area (Å²) >= 11 is 0. The number of ether oxygens (including phenoxy) is 1. The average Bonchev–Trinajstić information content (AvgIpc) is 2.47. The minimum absolute atomic E-state index is 0.211. The number of sulfonamides is 1. The lowest BCUT2D eigenvalue weighted by atomic mass is 10.1. The van der Waals surface area contributed by atoms with Crippen molar-refractivity contribution in [1.82, 2.24) is 13.4 Å². The molecule has 2 heterocycles. The highest BCUT2D eigenvalue weighted by Crippen LogP contribution is 2.33. The lowest BCUT2D eigenvalue weighted by Gasteiger charge is -2.39. The number of hydrogen-bond acceptors (Lipinski definition) is 5. The van der Waals surface area contributed by atoms with E-state index in [2.05, 4.69) is 0 Å². The SMILES string of the molecule is C[C@@H]1OCCN(S(=O)(=O)c2cn(C)c(=O)n(C)c2=O)[C@@H]1C(F)(F)F. The molecular weight excluding hydrogens is 355 g/mol. The van der Waals surface area contributed by atoms with E-state index in [1.165, 1.54) is 7.05 Å². The van der Waals surface area contributed by atoms with E-state index in [4.69, 9.17) is 4.74 Å². The molecule has 2 atom stereocenters. The zero-order chi connectivity index (χ0) is 18.4. The van der Waals surface area contributed by atoms with E-state index >= 15 is 0 Å². The van der Waals surface area contributed by atoms with Crippen LogP contribution in [0.15, 0.2) is 20.7 Å². The number of aromatic nitrogens is 2. The molecule has 0 N–H and O–H groups in total. The van der Waals surface area contributed by atoms with Gasteiger partial charge in [0, 0.05) is 26.8 Å². The molecule has 1 aromatic rings. The summed E-state index contributed by atoms with van der Waals surface area (Å²) in [5, 5.41) is 0. The molecular formula is C12H16F3N3O5S. The predicted octanol–water partition coefficient (Wildman–Crippen LogP) is -0.576. The fraction of sp³-hybridized carbons (Fsp3) is 0.667. The average molecular weight is 371 g/mol. The third kappa shape index (κ3) is 3.00. The number of halogens is 3. The second kappa shape index (κ2) is 6.01. The van der Waals surface area contributed by atoms with Crippen LogP contribution in [0.3, 0.4) is 0 Å². The Morgan fingerprint density at radius 2 is 1.83 bits per heavy atom. The van der Waals surface area contributed by atoms with Crippen LogP contribution in [0.5, 0.6) is 0 Å². The molecule has 0 bridgehead atoms. The lowest BCUT2D eigenvalue weighted by Crippen LogP contribution is -2.60. The summed E-state index contributed by atoms with van der Waals surface area (Å²) in [5.41, 5.74) is -1.97. The summed E-state index contributed by atoms with van der Waals surface area (Å²) in [6, 6.07) is -2.42. The fourth-order valence-electron chi connectivity index (χ4n) is 2.57. The van der Waals surface area contributed by atoms with Crippen LogP contribution >= 0.6 is 0 Å². The van der Waals surface area contributed by atoms with Crippen molar-refractivity contribution in [3.05, 3.63) is 27.0 Å². The number of alkyl halides is 3. The minimum Gasteiger partial charge on any atom is -0.375 e. The number of aryl methyl sites for hydroxylation is 1. The Balaban J connectivity index is 2.66. The molecule has 1 aliphatic heterocycles. The lowest BCUT2D eigenvalue weighted by molar-refractivity contribution is -0.214. The topological polar surface area (TPSA) is 90.6 Å². The second-order valence-electron chi connectivity index (χ2n) is 5.43. The Bertz CT molecular complexity index is 858. The summed E-state index contributed by atoms with van der Waals surface area (Å²) in [6.45, 7) is 0.320.